The van der Waals surface area contributed by atoms with Gasteiger partial charge in [-0.05, 0) is 117 Å². The summed E-state index contributed by atoms with van der Waals surface area (Å²) in [5.74, 6) is -2.13. The van der Waals surface area contributed by atoms with Gasteiger partial charge < -0.3 is 38.9 Å². The van der Waals surface area contributed by atoms with Crippen LogP contribution < -0.4 is 10.7 Å². The number of carbonyl (C=O) groups excluding carboxylic acids is 5. The van der Waals surface area contributed by atoms with Gasteiger partial charge in [0.2, 0.25) is 17.7 Å². The van der Waals surface area contributed by atoms with Crippen LogP contribution in [0.5, 0.6) is 0 Å². The Balaban J connectivity index is 1.33. The zero-order valence-corrected chi connectivity index (χ0v) is 43.0. The number of aldehydes is 1. The third-order valence-corrected chi connectivity index (χ3v) is 14.3. The molecule has 2 aromatic heterocycles. The summed E-state index contributed by atoms with van der Waals surface area (Å²) in [7, 11) is 7.43. The number of hydrogen-bond acceptors (Lipinski definition) is 10. The highest BCUT2D eigenvalue weighted by atomic mass is 16.5. The Labute approximate surface area is 413 Å². The van der Waals surface area contributed by atoms with Gasteiger partial charge in [-0.25, -0.2) is 5.43 Å². The second-order valence-electron chi connectivity index (χ2n) is 21.1. The van der Waals surface area contributed by atoms with Crippen molar-refractivity contribution >= 4 is 40.8 Å². The van der Waals surface area contributed by atoms with Crippen molar-refractivity contribution in [1.82, 2.24) is 40.0 Å². The number of methoxy groups -OCH3 is 1. The molecular formula is C55H74N8O7. The summed E-state index contributed by atoms with van der Waals surface area (Å²) in [6.07, 6.45) is 6.01. The molecule has 1 unspecified atom stereocenters. The number of amides is 4. The van der Waals surface area contributed by atoms with E-state index in [1.807, 2.05) is 39.1 Å². The Morgan fingerprint density at radius 1 is 1.06 bits per heavy atom. The van der Waals surface area contributed by atoms with Crippen LogP contribution in [-0.4, -0.2) is 138 Å². The average molecular weight is 959 g/mol. The number of carbonyl (C=O) groups is 5. The fourth-order valence-electron chi connectivity index (χ4n) is 10.8. The van der Waals surface area contributed by atoms with Crippen LogP contribution in [-0.2, 0) is 59.4 Å². The van der Waals surface area contributed by atoms with Gasteiger partial charge in [0.15, 0.2) is 0 Å². The number of rotatable bonds is 13. The largest absolute Gasteiger partial charge is 0.378 e. The highest BCUT2D eigenvalue weighted by Gasteiger charge is 2.42. The van der Waals surface area contributed by atoms with Crippen molar-refractivity contribution in [3.8, 4) is 22.4 Å². The molecule has 4 amide bonds. The van der Waals surface area contributed by atoms with Crippen LogP contribution in [0.15, 0.2) is 67.4 Å². The predicted octanol–water partition coefficient (Wildman–Crippen LogP) is 6.37. The van der Waals surface area contributed by atoms with E-state index in [-0.39, 0.29) is 43.4 Å². The lowest BCUT2D eigenvalue weighted by Gasteiger charge is -2.42. The van der Waals surface area contributed by atoms with Crippen molar-refractivity contribution in [1.29, 1.82) is 0 Å². The summed E-state index contributed by atoms with van der Waals surface area (Å²) in [6.45, 7) is 18.7. The predicted molar refractivity (Wildman–Crippen MR) is 272 cm³/mol. The molecule has 70 heavy (non-hydrogen) atoms. The molecule has 7 rings (SSSR count). The highest BCUT2D eigenvalue weighted by molar-refractivity contribution is 5.96. The molecule has 5 atom stereocenters. The maximum absolute atomic E-state index is 14.9. The molecule has 3 aliphatic rings. The SMILES string of the molecule is C=CC(=O)N1CCC(C(=O)N(C)[C@H](C(=O)N[C@H]2Cc3cccc(c3)-c3ccc4c(c3)c(c(-c3cc(CN(C)C)cnc3[C@H](C)OC)n4CC)CC(C)(C)COC[C@@]3(C=O)CCCN(N3)C2=O)C(C)C)C1. The molecule has 4 aromatic rings. The van der Waals surface area contributed by atoms with Crippen LogP contribution in [0.2, 0.25) is 0 Å². The molecule has 6 bridgehead atoms. The van der Waals surface area contributed by atoms with Crippen LogP contribution in [0, 0.1) is 17.3 Å². The van der Waals surface area contributed by atoms with E-state index in [2.05, 4.69) is 98.1 Å². The first-order valence-electron chi connectivity index (χ1n) is 24.9. The Bertz CT molecular complexity index is 2600. The number of fused-ring (bicyclic) bond motifs is 6. The first-order chi connectivity index (χ1) is 33.3. The van der Waals surface area contributed by atoms with Gasteiger partial charge in [0.25, 0.3) is 5.91 Å². The van der Waals surface area contributed by atoms with Crippen LogP contribution >= 0.6 is 0 Å². The number of aryl methyl sites for hydroxylation is 1. The van der Waals surface area contributed by atoms with E-state index in [9.17, 15) is 24.0 Å². The molecule has 15 nitrogen and oxygen atoms in total. The van der Waals surface area contributed by atoms with Crippen LogP contribution in [0.4, 0.5) is 0 Å². The van der Waals surface area contributed by atoms with Gasteiger partial charge in [-0.1, -0.05) is 64.6 Å². The lowest BCUT2D eigenvalue weighted by Crippen LogP contribution is -2.66. The van der Waals surface area contributed by atoms with Gasteiger partial charge in [-0.2, -0.15) is 0 Å². The van der Waals surface area contributed by atoms with Gasteiger partial charge in [0.05, 0.1) is 36.6 Å². The van der Waals surface area contributed by atoms with Gasteiger partial charge in [-0.3, -0.25) is 29.2 Å². The second-order valence-corrected chi connectivity index (χ2v) is 21.1. The molecule has 15 heteroatoms. The lowest BCUT2D eigenvalue weighted by molar-refractivity contribution is -0.148. The Morgan fingerprint density at radius 3 is 2.50 bits per heavy atom. The molecule has 2 aromatic carbocycles. The lowest BCUT2D eigenvalue weighted by atomic mass is 9.83. The third kappa shape index (κ3) is 11.1. The quantitative estimate of drug-likeness (QED) is 0.114. The number of nitrogens with one attached hydrogen (secondary N) is 2. The van der Waals surface area contributed by atoms with E-state index < -0.39 is 40.8 Å². The zero-order valence-electron chi connectivity index (χ0n) is 43.0. The summed E-state index contributed by atoms with van der Waals surface area (Å²) in [4.78, 5) is 79.3. The fourth-order valence-corrected chi connectivity index (χ4v) is 10.8. The van der Waals surface area contributed by atoms with E-state index >= 15 is 0 Å². The Kier molecular flexibility index (Phi) is 16.2. The minimum absolute atomic E-state index is 0.0296. The normalized spacial score (nSPS) is 21.6. The first kappa shape index (κ1) is 52.1. The molecule has 0 radical (unpaired) electrons. The topological polar surface area (TPSA) is 159 Å². The van der Waals surface area contributed by atoms with Crippen molar-refractivity contribution in [2.24, 2.45) is 17.3 Å². The molecule has 2 fully saturated rings. The van der Waals surface area contributed by atoms with E-state index in [0.717, 1.165) is 68.5 Å². The standard InChI is InChI=1S/C55H74N8O7/c1-12-47(65)61-23-20-41(31-61)52(67)60(10)49(35(3)4)51(66)57-45-26-37-16-14-17-39(24-37)40-18-19-46-42(27-40)44(28-54(6,7)33-70-34-55(32-64)21-15-22-63(58-55)53(45)68)50(62(46)13-2)43-25-38(30-59(8)9)29-56-48(43)36(5)69-11/h12,14,16-19,24-25,27,29,32,35-36,41,45,49,58H,1,13,15,20-23,26,28,30-31,33-34H2,2-11H3,(H,57,66)/t36-,41?,45-,49-,55-/m0/s1. The number of hydrazine groups is 1. The maximum Gasteiger partial charge on any atom is 0.259 e. The molecule has 3 aliphatic heterocycles. The molecule has 376 valence electrons. The Hall–Kier alpha value is -5.74. The number of ether oxygens (including phenoxy) is 2. The Morgan fingerprint density at radius 2 is 1.81 bits per heavy atom. The molecule has 0 saturated carbocycles. The van der Waals surface area contributed by atoms with Gasteiger partial charge >= 0.3 is 0 Å². The van der Waals surface area contributed by atoms with Crippen molar-refractivity contribution in [3.63, 3.8) is 0 Å². The van der Waals surface area contributed by atoms with Gasteiger partial charge in [-0.15, -0.1) is 0 Å². The molecule has 5 heterocycles. The van der Waals surface area contributed by atoms with Crippen molar-refractivity contribution in [2.75, 3.05) is 61.1 Å². The van der Waals surface area contributed by atoms with E-state index in [1.165, 1.54) is 16.0 Å². The monoisotopic (exact) mass is 959 g/mol. The minimum atomic E-state index is -1.19. The van der Waals surface area contributed by atoms with Gasteiger partial charge in [0, 0.05) is 76.0 Å². The first-order valence-corrected chi connectivity index (χ1v) is 24.9. The van der Waals surface area contributed by atoms with Crippen molar-refractivity contribution < 1.29 is 33.4 Å². The number of nitrogens with zero attached hydrogens (tertiary/aromatic N) is 6. The number of benzene rings is 2. The van der Waals surface area contributed by atoms with Crippen LogP contribution in [0.3, 0.4) is 0 Å². The second kappa shape index (κ2) is 21.7. The van der Waals surface area contributed by atoms with E-state index in [0.29, 0.717) is 51.9 Å². The number of likely N-dealkylation sites (tertiary alicyclic amines) is 1. The average Bonchev–Trinajstić information content (AvgIpc) is 3.95. The minimum Gasteiger partial charge on any atom is -0.378 e. The number of pyridine rings is 1. The van der Waals surface area contributed by atoms with E-state index in [1.54, 1.807) is 19.1 Å². The molecule has 2 saturated heterocycles. The highest BCUT2D eigenvalue weighted by Crippen LogP contribution is 2.42. The van der Waals surface area contributed by atoms with Crippen LogP contribution in [0.25, 0.3) is 33.3 Å². The summed E-state index contributed by atoms with van der Waals surface area (Å²) in [5, 5.41) is 5.65. The maximum atomic E-state index is 14.9. The van der Waals surface area contributed by atoms with Crippen LogP contribution in [0.1, 0.15) is 89.3 Å². The van der Waals surface area contributed by atoms with Crippen molar-refractivity contribution in [3.05, 3.63) is 89.8 Å². The molecular weight excluding hydrogens is 885 g/mol. The van der Waals surface area contributed by atoms with E-state index in [4.69, 9.17) is 14.5 Å². The summed E-state index contributed by atoms with van der Waals surface area (Å²) >= 11 is 0. The summed E-state index contributed by atoms with van der Waals surface area (Å²) in [6, 6.07) is 14.9. The third-order valence-electron chi connectivity index (χ3n) is 14.3. The smallest absolute Gasteiger partial charge is 0.259 e. The number of likely N-dealkylation sites (N-methyl/N-ethyl adjacent to an activating group) is 1. The summed E-state index contributed by atoms with van der Waals surface area (Å²) in [5.41, 5.74) is 10.7. The van der Waals surface area contributed by atoms with Gasteiger partial charge in [0.1, 0.15) is 23.9 Å². The fraction of sp³-hybridized carbons (Fsp3) is 0.527. The molecule has 0 spiro atoms. The number of aromatic nitrogens is 2. The number of hydrogen-bond donors (Lipinski definition) is 2. The van der Waals surface area contributed by atoms with Crippen molar-refractivity contribution in [2.45, 2.75) is 110 Å². The molecule has 0 aliphatic carbocycles. The zero-order chi connectivity index (χ0) is 50.7. The molecule has 2 N–H and O–H groups in total. The summed E-state index contributed by atoms with van der Waals surface area (Å²) < 4.78 is 14.9.